The Morgan fingerprint density at radius 2 is 1.47 bits per heavy atom. The van der Waals surface area contributed by atoms with Gasteiger partial charge in [-0.2, -0.15) is 13.2 Å². The number of hydrogen-bond acceptors (Lipinski definition) is 4. The van der Waals surface area contributed by atoms with Crippen molar-refractivity contribution in [2.24, 2.45) is 0 Å². The summed E-state index contributed by atoms with van der Waals surface area (Å²) in [5, 5.41) is 14.9. The van der Waals surface area contributed by atoms with Crippen LogP contribution in [0.25, 0.3) is 0 Å². The summed E-state index contributed by atoms with van der Waals surface area (Å²) < 4.78 is 43.6. The minimum atomic E-state index is -4.39. The van der Waals surface area contributed by atoms with Gasteiger partial charge in [-0.15, -0.1) is 0 Å². The predicted octanol–water partition coefficient (Wildman–Crippen LogP) is 6.19. The molecule has 3 rings (SSSR count). The number of rotatable bonds is 7. The molecule has 154 valence electrons. The van der Waals surface area contributed by atoms with Crippen LogP contribution in [-0.2, 0) is 6.18 Å². The first kappa shape index (κ1) is 20.8. The van der Waals surface area contributed by atoms with Crippen molar-refractivity contribution in [2.75, 3.05) is 10.6 Å². The van der Waals surface area contributed by atoms with Crippen molar-refractivity contribution in [3.05, 3.63) is 96.3 Å². The Morgan fingerprint density at radius 3 is 2.10 bits per heavy atom. The van der Waals surface area contributed by atoms with Crippen molar-refractivity contribution < 1.29 is 27.8 Å². The van der Waals surface area contributed by atoms with E-state index in [1.54, 1.807) is 36.4 Å². The molecule has 8 heteroatoms. The fourth-order valence-corrected chi connectivity index (χ4v) is 2.59. The van der Waals surface area contributed by atoms with Crippen molar-refractivity contribution in [1.29, 1.82) is 0 Å². The number of halogens is 3. The molecule has 0 fully saturated rings. The van der Waals surface area contributed by atoms with Gasteiger partial charge in [0.15, 0.2) is 0 Å². The minimum absolute atomic E-state index is 0.107. The van der Waals surface area contributed by atoms with Crippen LogP contribution in [0.5, 0.6) is 11.5 Å². The van der Waals surface area contributed by atoms with Crippen LogP contribution in [-0.4, -0.2) is 11.1 Å². The number of carboxylic acid groups (broad SMARTS) is 1. The van der Waals surface area contributed by atoms with E-state index in [1.165, 1.54) is 24.3 Å². The smallest absolute Gasteiger partial charge is 0.416 e. The highest BCUT2D eigenvalue weighted by Crippen LogP contribution is 2.30. The summed E-state index contributed by atoms with van der Waals surface area (Å²) in [7, 11) is 0. The van der Waals surface area contributed by atoms with Gasteiger partial charge in [0.1, 0.15) is 17.3 Å². The second-order valence-electron chi connectivity index (χ2n) is 6.27. The Morgan fingerprint density at radius 1 is 0.867 bits per heavy atom. The number of carbonyl (C=O) groups is 1. The topological polar surface area (TPSA) is 70.6 Å². The molecule has 0 saturated carbocycles. The SMILES string of the molecule is C=C(Nc1ccc(C(F)(F)F)cc1)Nc1cccc(Oc2cccc(C(=O)O)c2)c1. The average molecular weight is 414 g/mol. The van der Waals surface area contributed by atoms with Crippen molar-refractivity contribution in [3.8, 4) is 11.5 Å². The lowest BCUT2D eigenvalue weighted by atomic mass is 10.2. The Hall–Kier alpha value is -3.94. The summed E-state index contributed by atoms with van der Waals surface area (Å²) >= 11 is 0. The van der Waals surface area contributed by atoms with Gasteiger partial charge in [-0.1, -0.05) is 18.7 Å². The van der Waals surface area contributed by atoms with Crippen molar-refractivity contribution >= 4 is 17.3 Å². The molecular weight excluding hydrogens is 397 g/mol. The Balaban J connectivity index is 1.64. The first-order valence-electron chi connectivity index (χ1n) is 8.72. The second kappa shape index (κ2) is 8.60. The van der Waals surface area contributed by atoms with Gasteiger partial charge in [0.05, 0.1) is 11.1 Å². The number of ether oxygens (including phenoxy) is 1. The lowest BCUT2D eigenvalue weighted by molar-refractivity contribution is -0.137. The molecule has 0 unspecified atom stereocenters. The van der Waals surface area contributed by atoms with Gasteiger partial charge in [0.25, 0.3) is 0 Å². The molecule has 0 aliphatic heterocycles. The van der Waals surface area contributed by atoms with E-state index in [4.69, 9.17) is 9.84 Å². The third-order valence-corrected chi connectivity index (χ3v) is 3.95. The minimum Gasteiger partial charge on any atom is -0.478 e. The molecule has 3 aromatic rings. The van der Waals surface area contributed by atoms with Crippen LogP contribution in [0.4, 0.5) is 24.5 Å². The zero-order valence-electron chi connectivity index (χ0n) is 15.5. The van der Waals surface area contributed by atoms with E-state index in [0.717, 1.165) is 12.1 Å². The van der Waals surface area contributed by atoms with Crippen LogP contribution < -0.4 is 15.4 Å². The molecule has 30 heavy (non-hydrogen) atoms. The Labute approximate surface area is 170 Å². The largest absolute Gasteiger partial charge is 0.478 e. The Kier molecular flexibility index (Phi) is 5.96. The van der Waals surface area contributed by atoms with E-state index in [9.17, 15) is 18.0 Å². The molecule has 0 aromatic heterocycles. The molecule has 0 aliphatic carbocycles. The zero-order chi connectivity index (χ0) is 21.7. The van der Waals surface area contributed by atoms with Crippen molar-refractivity contribution in [1.82, 2.24) is 0 Å². The van der Waals surface area contributed by atoms with Gasteiger partial charge in [-0.05, 0) is 54.6 Å². The molecule has 0 amide bonds. The molecule has 3 N–H and O–H groups in total. The Bertz CT molecular complexity index is 1060. The molecule has 0 spiro atoms. The van der Waals surface area contributed by atoms with E-state index in [1.807, 2.05) is 0 Å². The quantitative estimate of drug-likeness (QED) is 0.430. The molecule has 5 nitrogen and oxygen atoms in total. The monoisotopic (exact) mass is 414 g/mol. The first-order chi connectivity index (χ1) is 14.2. The highest BCUT2D eigenvalue weighted by atomic mass is 19.4. The lowest BCUT2D eigenvalue weighted by Gasteiger charge is -2.14. The molecule has 0 saturated heterocycles. The van der Waals surface area contributed by atoms with Gasteiger partial charge in [-0.25, -0.2) is 4.79 Å². The van der Waals surface area contributed by atoms with Crippen molar-refractivity contribution in [3.63, 3.8) is 0 Å². The standard InChI is InChI=1S/C22H17F3N2O3/c1-14(26-17-10-8-16(9-11-17)22(23,24)25)27-18-5-3-7-20(13-18)30-19-6-2-4-15(12-19)21(28)29/h2-13,26-27H,1H2,(H,28,29). The number of anilines is 2. The van der Waals surface area contributed by atoms with Gasteiger partial charge in [0.2, 0.25) is 0 Å². The van der Waals surface area contributed by atoms with E-state index in [2.05, 4.69) is 17.2 Å². The lowest BCUT2D eigenvalue weighted by Crippen LogP contribution is -2.09. The van der Waals surface area contributed by atoms with Gasteiger partial charge >= 0.3 is 12.1 Å². The van der Waals surface area contributed by atoms with E-state index < -0.39 is 17.7 Å². The maximum Gasteiger partial charge on any atom is 0.416 e. The summed E-state index contributed by atoms with van der Waals surface area (Å²) in [6.45, 7) is 3.81. The summed E-state index contributed by atoms with van der Waals surface area (Å²) in [6, 6.07) is 17.5. The van der Waals surface area contributed by atoms with Crippen LogP contribution in [0.15, 0.2) is 85.2 Å². The predicted molar refractivity (Wildman–Crippen MR) is 108 cm³/mol. The highest BCUT2D eigenvalue weighted by Gasteiger charge is 2.29. The van der Waals surface area contributed by atoms with Gasteiger partial charge in [0, 0.05) is 17.4 Å². The first-order valence-corrected chi connectivity index (χ1v) is 8.72. The summed E-state index contributed by atoms with van der Waals surface area (Å²) in [5.41, 5.74) is 0.434. The molecule has 0 atom stereocenters. The summed E-state index contributed by atoms with van der Waals surface area (Å²) in [4.78, 5) is 11.1. The van der Waals surface area contributed by atoms with Crippen LogP contribution in [0.3, 0.4) is 0 Å². The molecule has 0 bridgehead atoms. The number of alkyl halides is 3. The van der Waals surface area contributed by atoms with E-state index in [-0.39, 0.29) is 5.56 Å². The van der Waals surface area contributed by atoms with Gasteiger partial charge in [-0.3, -0.25) is 0 Å². The molecular formula is C22H17F3N2O3. The highest BCUT2D eigenvalue weighted by molar-refractivity contribution is 5.88. The number of nitrogens with one attached hydrogen (secondary N) is 2. The van der Waals surface area contributed by atoms with E-state index >= 15 is 0 Å². The third-order valence-electron chi connectivity index (χ3n) is 3.95. The van der Waals surface area contributed by atoms with Crippen LogP contribution in [0, 0.1) is 0 Å². The van der Waals surface area contributed by atoms with Crippen LogP contribution in [0.2, 0.25) is 0 Å². The average Bonchev–Trinajstić information content (AvgIpc) is 2.68. The van der Waals surface area contributed by atoms with Crippen molar-refractivity contribution in [2.45, 2.75) is 6.18 Å². The molecule has 3 aromatic carbocycles. The maximum absolute atomic E-state index is 12.6. The molecule has 0 heterocycles. The summed E-state index contributed by atoms with van der Waals surface area (Å²) in [6.07, 6.45) is -4.39. The number of benzene rings is 3. The van der Waals surface area contributed by atoms with Gasteiger partial charge < -0.3 is 20.5 Å². The summed E-state index contributed by atoms with van der Waals surface area (Å²) in [5.74, 6) is 0.125. The van der Waals surface area contributed by atoms with Crippen LogP contribution in [0.1, 0.15) is 15.9 Å². The fraction of sp³-hybridized carbons (Fsp3) is 0.0455. The molecule has 0 radical (unpaired) electrons. The van der Waals surface area contributed by atoms with Crippen LogP contribution >= 0.6 is 0 Å². The fourth-order valence-electron chi connectivity index (χ4n) is 2.59. The number of hydrogen-bond donors (Lipinski definition) is 3. The van der Waals surface area contributed by atoms with E-state index in [0.29, 0.717) is 28.7 Å². The maximum atomic E-state index is 12.6. The third kappa shape index (κ3) is 5.54. The zero-order valence-corrected chi connectivity index (χ0v) is 15.5. The number of aromatic carboxylic acids is 1. The second-order valence-corrected chi connectivity index (χ2v) is 6.27. The number of carboxylic acids is 1. The normalized spacial score (nSPS) is 10.9. The molecule has 0 aliphatic rings.